The van der Waals surface area contributed by atoms with Crippen LogP contribution in [0.15, 0.2) is 54.6 Å². The Bertz CT molecular complexity index is 996. The summed E-state index contributed by atoms with van der Waals surface area (Å²) in [5.74, 6) is -0.720. The van der Waals surface area contributed by atoms with Gasteiger partial charge >= 0.3 is 0 Å². The number of aromatic nitrogens is 2. The summed E-state index contributed by atoms with van der Waals surface area (Å²) in [6, 6.07) is 15.5. The molecule has 2 aromatic carbocycles. The smallest absolute Gasteiger partial charge is 0.273 e. The Kier molecular flexibility index (Phi) is 5.69. The minimum Gasteiger partial charge on any atom is -0.393 e. The first-order valence-corrected chi connectivity index (χ1v) is 9.69. The zero-order valence-corrected chi connectivity index (χ0v) is 15.9. The number of aromatic amines is 1. The summed E-state index contributed by atoms with van der Waals surface area (Å²) < 4.78 is 13.9. The number of H-pyrrole nitrogens is 1. The zero-order chi connectivity index (χ0) is 20.2. The van der Waals surface area contributed by atoms with E-state index >= 15 is 0 Å². The first-order chi connectivity index (χ1) is 14.1. The summed E-state index contributed by atoms with van der Waals surface area (Å²) in [5.41, 5.74) is 2.77. The van der Waals surface area contributed by atoms with Gasteiger partial charge in [0.25, 0.3) is 5.91 Å². The maximum absolute atomic E-state index is 13.9. The van der Waals surface area contributed by atoms with Crippen molar-refractivity contribution in [2.24, 2.45) is 0 Å². The van der Waals surface area contributed by atoms with Gasteiger partial charge in [0.1, 0.15) is 11.5 Å². The minimum absolute atomic E-state index is 0.194. The van der Waals surface area contributed by atoms with Crippen molar-refractivity contribution in [1.82, 2.24) is 15.1 Å². The molecule has 4 rings (SSSR count). The molecular weight excluding hydrogens is 371 g/mol. The third kappa shape index (κ3) is 4.70. The van der Waals surface area contributed by atoms with Crippen LogP contribution in [0, 0.1) is 5.82 Å². The number of aliphatic hydroxyl groups is 1. The molecule has 2 heterocycles. The zero-order valence-electron chi connectivity index (χ0n) is 15.9. The van der Waals surface area contributed by atoms with Crippen molar-refractivity contribution in [3.05, 3.63) is 71.7 Å². The molecule has 3 N–H and O–H groups in total. The highest BCUT2D eigenvalue weighted by molar-refractivity contribution is 6.03. The number of carbonyl (C=O) groups is 1. The third-order valence-corrected chi connectivity index (χ3v) is 5.12. The number of amides is 1. The molecule has 1 amide bonds. The van der Waals surface area contributed by atoms with Crippen LogP contribution >= 0.6 is 0 Å². The quantitative estimate of drug-likeness (QED) is 0.619. The molecule has 3 aromatic rings. The largest absolute Gasteiger partial charge is 0.393 e. The summed E-state index contributed by atoms with van der Waals surface area (Å²) in [7, 11) is 0. The van der Waals surface area contributed by atoms with Crippen LogP contribution in [0.2, 0.25) is 0 Å². The number of hydrogen-bond acceptors (Lipinski definition) is 4. The van der Waals surface area contributed by atoms with Crippen LogP contribution in [0.5, 0.6) is 0 Å². The van der Waals surface area contributed by atoms with Gasteiger partial charge in [-0.1, -0.05) is 24.3 Å². The molecule has 1 saturated heterocycles. The molecule has 0 unspecified atom stereocenters. The maximum atomic E-state index is 13.9. The molecule has 150 valence electrons. The fraction of sp³-hybridized carbons (Fsp3) is 0.273. The molecule has 0 bridgehead atoms. The van der Waals surface area contributed by atoms with Crippen LogP contribution in [0.25, 0.3) is 11.3 Å². The van der Waals surface area contributed by atoms with E-state index in [1.54, 1.807) is 18.2 Å². The molecule has 0 atom stereocenters. The van der Waals surface area contributed by atoms with Crippen molar-refractivity contribution in [1.29, 1.82) is 0 Å². The van der Waals surface area contributed by atoms with E-state index in [9.17, 15) is 14.3 Å². The number of rotatable bonds is 5. The average molecular weight is 394 g/mol. The summed E-state index contributed by atoms with van der Waals surface area (Å²) >= 11 is 0. The van der Waals surface area contributed by atoms with Gasteiger partial charge in [-0.2, -0.15) is 5.10 Å². The minimum atomic E-state index is -0.385. The van der Waals surface area contributed by atoms with Gasteiger partial charge in [-0.25, -0.2) is 4.39 Å². The summed E-state index contributed by atoms with van der Waals surface area (Å²) in [5, 5.41) is 19.2. The maximum Gasteiger partial charge on any atom is 0.273 e. The first-order valence-electron chi connectivity index (χ1n) is 9.69. The van der Waals surface area contributed by atoms with Gasteiger partial charge in [-0.05, 0) is 48.7 Å². The van der Waals surface area contributed by atoms with E-state index in [2.05, 4.69) is 20.4 Å². The summed E-state index contributed by atoms with van der Waals surface area (Å²) in [6.07, 6.45) is 1.39. The summed E-state index contributed by atoms with van der Waals surface area (Å²) in [4.78, 5) is 14.9. The van der Waals surface area contributed by atoms with E-state index in [1.807, 2.05) is 24.3 Å². The molecule has 7 heteroatoms. The molecule has 0 aliphatic carbocycles. The van der Waals surface area contributed by atoms with Gasteiger partial charge in [0.05, 0.1) is 11.8 Å². The van der Waals surface area contributed by atoms with Crippen LogP contribution in [0.3, 0.4) is 0 Å². The standard InChI is InChI=1S/C22H23FN4O2/c23-19-7-2-1-6-18(19)20-13-21(26-25-20)22(29)24-16-5-3-4-15(12-16)14-27-10-8-17(28)9-11-27/h1-7,12-13,17,28H,8-11,14H2,(H,24,29)(H,25,26). The Balaban J connectivity index is 1.42. The van der Waals surface area contributed by atoms with Crippen molar-refractivity contribution < 1.29 is 14.3 Å². The fourth-order valence-corrected chi connectivity index (χ4v) is 3.53. The van der Waals surface area contributed by atoms with Gasteiger partial charge < -0.3 is 10.4 Å². The predicted octanol–water partition coefficient (Wildman–Crippen LogP) is 3.42. The van der Waals surface area contributed by atoms with Crippen LogP contribution < -0.4 is 5.32 Å². The second-order valence-corrected chi connectivity index (χ2v) is 7.31. The monoisotopic (exact) mass is 394 g/mol. The highest BCUT2D eigenvalue weighted by Crippen LogP contribution is 2.22. The van der Waals surface area contributed by atoms with Crippen molar-refractivity contribution in [3.8, 4) is 11.3 Å². The second-order valence-electron chi connectivity index (χ2n) is 7.31. The molecule has 29 heavy (non-hydrogen) atoms. The van der Waals surface area contributed by atoms with E-state index in [4.69, 9.17) is 0 Å². The number of aliphatic hydroxyl groups excluding tert-OH is 1. The molecule has 1 fully saturated rings. The fourth-order valence-electron chi connectivity index (χ4n) is 3.53. The lowest BCUT2D eigenvalue weighted by Crippen LogP contribution is -2.35. The number of nitrogens with zero attached hydrogens (tertiary/aromatic N) is 2. The van der Waals surface area contributed by atoms with Gasteiger partial charge in [0.2, 0.25) is 0 Å². The number of benzene rings is 2. The van der Waals surface area contributed by atoms with Gasteiger partial charge in [0.15, 0.2) is 0 Å². The van der Waals surface area contributed by atoms with Crippen molar-refractivity contribution in [3.63, 3.8) is 0 Å². The Morgan fingerprint density at radius 1 is 1.17 bits per heavy atom. The SMILES string of the molecule is O=C(Nc1cccc(CN2CCC(O)CC2)c1)c1cc(-c2ccccc2F)n[nH]1. The predicted molar refractivity (Wildman–Crippen MR) is 109 cm³/mol. The Morgan fingerprint density at radius 2 is 1.97 bits per heavy atom. The average Bonchev–Trinajstić information content (AvgIpc) is 3.21. The van der Waals surface area contributed by atoms with E-state index in [0.717, 1.165) is 38.0 Å². The van der Waals surface area contributed by atoms with Crippen molar-refractivity contribution >= 4 is 11.6 Å². The summed E-state index contributed by atoms with van der Waals surface area (Å²) in [6.45, 7) is 2.51. The van der Waals surface area contributed by atoms with Crippen LogP contribution in [-0.4, -0.2) is 45.3 Å². The molecule has 0 spiro atoms. The number of nitrogens with one attached hydrogen (secondary N) is 2. The van der Waals surface area contributed by atoms with Crippen LogP contribution in [0.1, 0.15) is 28.9 Å². The lowest BCUT2D eigenvalue weighted by molar-refractivity contribution is 0.0792. The van der Waals surface area contributed by atoms with Crippen molar-refractivity contribution in [2.45, 2.75) is 25.5 Å². The molecule has 0 saturated carbocycles. The lowest BCUT2D eigenvalue weighted by Gasteiger charge is -2.29. The molecule has 0 radical (unpaired) electrons. The van der Waals surface area contributed by atoms with Gasteiger partial charge in [-0.15, -0.1) is 0 Å². The normalized spacial score (nSPS) is 15.4. The van der Waals surface area contributed by atoms with Gasteiger partial charge in [-0.3, -0.25) is 14.8 Å². The Labute approximate surface area is 168 Å². The highest BCUT2D eigenvalue weighted by atomic mass is 19.1. The molecular formula is C22H23FN4O2. The molecule has 1 aromatic heterocycles. The van der Waals surface area contributed by atoms with E-state index in [1.165, 1.54) is 12.1 Å². The number of carbonyl (C=O) groups excluding carboxylic acids is 1. The second kappa shape index (κ2) is 8.55. The number of piperidine rings is 1. The first kappa shape index (κ1) is 19.3. The number of halogens is 1. The number of hydrogen-bond donors (Lipinski definition) is 3. The number of anilines is 1. The topological polar surface area (TPSA) is 81.2 Å². The van der Waals surface area contributed by atoms with E-state index in [0.29, 0.717) is 16.9 Å². The van der Waals surface area contributed by atoms with Crippen LogP contribution in [-0.2, 0) is 6.54 Å². The number of likely N-dealkylation sites (tertiary alicyclic amines) is 1. The lowest BCUT2D eigenvalue weighted by atomic mass is 10.1. The Hall–Kier alpha value is -3.03. The van der Waals surface area contributed by atoms with E-state index in [-0.39, 0.29) is 23.5 Å². The molecule has 1 aliphatic rings. The third-order valence-electron chi connectivity index (χ3n) is 5.12. The molecule has 1 aliphatic heterocycles. The van der Waals surface area contributed by atoms with Crippen molar-refractivity contribution in [2.75, 3.05) is 18.4 Å². The van der Waals surface area contributed by atoms with Gasteiger partial charge in [0, 0.05) is 30.9 Å². The van der Waals surface area contributed by atoms with E-state index < -0.39 is 0 Å². The molecule has 6 nitrogen and oxygen atoms in total. The highest BCUT2D eigenvalue weighted by Gasteiger charge is 2.17. The van der Waals surface area contributed by atoms with Crippen LogP contribution in [0.4, 0.5) is 10.1 Å². The Morgan fingerprint density at radius 3 is 2.76 bits per heavy atom.